The van der Waals surface area contributed by atoms with Crippen LogP contribution in [0.25, 0.3) is 0 Å². The van der Waals surface area contributed by atoms with E-state index in [1.165, 1.54) is 0 Å². The monoisotopic (exact) mass is 280 g/mol. The fourth-order valence-corrected chi connectivity index (χ4v) is 8.76. The summed E-state index contributed by atoms with van der Waals surface area (Å²) in [7, 11) is 3.56. The summed E-state index contributed by atoms with van der Waals surface area (Å²) >= 11 is -2.90. The standard InChI is InChI=1S/C10H26GeN2O2/c1-7-12(8-2)11(14-5,15-6)13(9-3)10-4/h7-10H2,1-6H3. The third-order valence-electron chi connectivity index (χ3n) is 2.86. The van der Waals surface area contributed by atoms with Gasteiger partial charge in [0.05, 0.1) is 0 Å². The third kappa shape index (κ3) is 3.17. The predicted molar refractivity (Wildman–Crippen MR) is 65.6 cm³/mol. The summed E-state index contributed by atoms with van der Waals surface area (Å²) in [6, 6.07) is 0. The molecule has 0 saturated carbocycles. The van der Waals surface area contributed by atoms with E-state index in [9.17, 15) is 0 Å². The maximum atomic E-state index is 5.79. The van der Waals surface area contributed by atoms with Gasteiger partial charge in [0.1, 0.15) is 0 Å². The number of hydrogen-bond acceptors (Lipinski definition) is 4. The number of hydrogen-bond donors (Lipinski definition) is 0. The second-order valence-electron chi connectivity index (χ2n) is 3.30. The summed E-state index contributed by atoms with van der Waals surface area (Å²) < 4.78 is 16.3. The van der Waals surface area contributed by atoms with Crippen LogP contribution in [-0.4, -0.2) is 62.5 Å². The minimum absolute atomic E-state index is 0.981. The zero-order valence-electron chi connectivity index (χ0n) is 11.0. The summed E-state index contributed by atoms with van der Waals surface area (Å²) in [4.78, 5) is 0. The first-order valence-electron chi connectivity index (χ1n) is 5.77. The van der Waals surface area contributed by atoms with E-state index in [1.54, 1.807) is 14.2 Å². The van der Waals surface area contributed by atoms with E-state index in [2.05, 4.69) is 35.4 Å². The third-order valence-corrected chi connectivity index (χ3v) is 11.1. The Morgan fingerprint density at radius 2 is 1.00 bits per heavy atom. The molecule has 5 heteroatoms. The molecule has 0 aromatic rings. The van der Waals surface area contributed by atoms with Crippen LogP contribution in [-0.2, 0) is 7.53 Å². The Bertz CT molecular complexity index is 144. The van der Waals surface area contributed by atoms with Crippen molar-refractivity contribution in [2.75, 3.05) is 40.4 Å². The van der Waals surface area contributed by atoms with Crippen molar-refractivity contribution in [3.63, 3.8) is 0 Å². The molecule has 0 saturated heterocycles. The Morgan fingerprint density at radius 3 is 1.13 bits per heavy atom. The van der Waals surface area contributed by atoms with Crippen molar-refractivity contribution >= 4 is 14.4 Å². The maximum absolute atomic E-state index is 5.79. The molecular weight excluding hydrogens is 253 g/mol. The van der Waals surface area contributed by atoms with Crippen LogP contribution >= 0.6 is 0 Å². The van der Waals surface area contributed by atoms with Crippen LogP contribution in [0.15, 0.2) is 0 Å². The molecule has 0 spiro atoms. The molecule has 15 heavy (non-hydrogen) atoms. The molecule has 0 N–H and O–H groups in total. The van der Waals surface area contributed by atoms with Crippen LogP contribution in [0.1, 0.15) is 27.7 Å². The summed E-state index contributed by atoms with van der Waals surface area (Å²) in [6.07, 6.45) is 0. The first-order chi connectivity index (χ1) is 7.16. The first-order valence-corrected chi connectivity index (χ1v) is 9.35. The van der Waals surface area contributed by atoms with E-state index in [0.717, 1.165) is 26.2 Å². The molecule has 0 aromatic heterocycles. The van der Waals surface area contributed by atoms with E-state index in [4.69, 9.17) is 7.53 Å². The molecule has 0 aliphatic heterocycles. The van der Waals surface area contributed by atoms with Gasteiger partial charge in [0.25, 0.3) is 0 Å². The molecular formula is C10H26GeN2O2. The molecule has 0 amide bonds. The van der Waals surface area contributed by atoms with Crippen molar-refractivity contribution in [2.24, 2.45) is 0 Å². The second-order valence-corrected chi connectivity index (χ2v) is 9.97. The molecule has 0 bridgehead atoms. The minimum atomic E-state index is -2.90. The van der Waals surface area contributed by atoms with Crippen LogP contribution in [0.2, 0.25) is 0 Å². The van der Waals surface area contributed by atoms with E-state index in [0.29, 0.717) is 0 Å². The van der Waals surface area contributed by atoms with E-state index >= 15 is 0 Å². The van der Waals surface area contributed by atoms with Gasteiger partial charge >= 0.3 is 97.7 Å². The predicted octanol–water partition coefficient (Wildman–Crippen LogP) is 1.40. The van der Waals surface area contributed by atoms with Crippen LogP contribution in [0.5, 0.6) is 0 Å². The average Bonchev–Trinajstić information content (AvgIpc) is 2.29. The van der Waals surface area contributed by atoms with Gasteiger partial charge in [-0.15, -0.1) is 0 Å². The van der Waals surface area contributed by atoms with Crippen LogP contribution in [0.4, 0.5) is 0 Å². The fraction of sp³-hybridized carbons (Fsp3) is 1.00. The van der Waals surface area contributed by atoms with Crippen LogP contribution in [0, 0.1) is 0 Å². The van der Waals surface area contributed by atoms with E-state index in [1.807, 2.05) is 0 Å². The molecule has 0 atom stereocenters. The van der Waals surface area contributed by atoms with Gasteiger partial charge in [-0.2, -0.15) is 0 Å². The zero-order chi connectivity index (χ0) is 11.9. The van der Waals surface area contributed by atoms with Gasteiger partial charge in [0, 0.05) is 0 Å². The number of nitrogens with zero attached hydrogens (tertiary/aromatic N) is 2. The summed E-state index contributed by atoms with van der Waals surface area (Å²) in [6.45, 7) is 12.6. The molecule has 0 aliphatic rings. The van der Waals surface area contributed by atoms with Gasteiger partial charge in [-0.1, -0.05) is 0 Å². The van der Waals surface area contributed by atoms with Gasteiger partial charge in [-0.05, 0) is 0 Å². The zero-order valence-corrected chi connectivity index (χ0v) is 13.1. The van der Waals surface area contributed by atoms with Crippen LogP contribution < -0.4 is 0 Å². The molecule has 92 valence electrons. The van der Waals surface area contributed by atoms with E-state index < -0.39 is 14.4 Å². The van der Waals surface area contributed by atoms with Crippen molar-refractivity contribution in [3.8, 4) is 0 Å². The van der Waals surface area contributed by atoms with Crippen molar-refractivity contribution < 1.29 is 7.53 Å². The molecule has 0 aliphatic carbocycles. The Morgan fingerprint density at radius 1 is 0.733 bits per heavy atom. The molecule has 0 rings (SSSR count). The van der Waals surface area contributed by atoms with Gasteiger partial charge in [-0.25, -0.2) is 0 Å². The van der Waals surface area contributed by atoms with Gasteiger partial charge < -0.3 is 0 Å². The average molecular weight is 279 g/mol. The SMILES string of the molecule is CC[N](CC)[Ge]([O]C)([O]C)[N](CC)CC. The molecule has 0 radical (unpaired) electrons. The Balaban J connectivity index is 4.98. The van der Waals surface area contributed by atoms with Crippen LogP contribution in [0.3, 0.4) is 0 Å². The van der Waals surface area contributed by atoms with Gasteiger partial charge in [0.2, 0.25) is 0 Å². The molecule has 0 fully saturated rings. The molecule has 0 unspecified atom stereocenters. The van der Waals surface area contributed by atoms with Gasteiger partial charge in [0.15, 0.2) is 0 Å². The van der Waals surface area contributed by atoms with Crippen molar-refractivity contribution in [3.05, 3.63) is 0 Å². The molecule has 4 nitrogen and oxygen atoms in total. The van der Waals surface area contributed by atoms with E-state index in [-0.39, 0.29) is 0 Å². The Hall–Kier alpha value is 0.383. The number of rotatable bonds is 8. The molecule has 0 aromatic carbocycles. The first kappa shape index (κ1) is 15.4. The Labute approximate surface area is 98.0 Å². The Kier molecular flexibility index (Phi) is 7.82. The van der Waals surface area contributed by atoms with Crippen molar-refractivity contribution in [2.45, 2.75) is 27.7 Å². The normalized spacial score (nSPS) is 12.8. The quantitative estimate of drug-likeness (QED) is 0.627. The van der Waals surface area contributed by atoms with Gasteiger partial charge in [-0.3, -0.25) is 0 Å². The summed E-state index contributed by atoms with van der Waals surface area (Å²) in [5.41, 5.74) is 0. The van der Waals surface area contributed by atoms with Crippen molar-refractivity contribution in [1.29, 1.82) is 0 Å². The second kappa shape index (κ2) is 7.62. The molecule has 0 heterocycles. The summed E-state index contributed by atoms with van der Waals surface area (Å²) in [5, 5.41) is 0. The fourth-order valence-electron chi connectivity index (χ4n) is 2.05. The summed E-state index contributed by atoms with van der Waals surface area (Å²) in [5.74, 6) is 0. The topological polar surface area (TPSA) is 24.9 Å². The van der Waals surface area contributed by atoms with Crippen molar-refractivity contribution in [1.82, 2.24) is 7.71 Å².